The summed E-state index contributed by atoms with van der Waals surface area (Å²) in [7, 11) is 0. The van der Waals surface area contributed by atoms with Crippen molar-refractivity contribution in [3.8, 4) is 0 Å². The summed E-state index contributed by atoms with van der Waals surface area (Å²) in [5.41, 5.74) is 0.904. The Hall–Kier alpha value is -3.49. The van der Waals surface area contributed by atoms with Crippen LogP contribution in [0.1, 0.15) is 10.6 Å². The first-order valence-corrected chi connectivity index (χ1v) is 8.25. The van der Waals surface area contributed by atoms with E-state index in [-0.39, 0.29) is 11.7 Å². The molecule has 4 heterocycles. The van der Waals surface area contributed by atoms with Crippen LogP contribution in [0, 0.1) is 0 Å². The minimum absolute atomic E-state index is 0.134. The third-order valence-corrected chi connectivity index (χ3v) is 4.14. The number of nitrogens with one attached hydrogen (secondary N) is 1. The molecule has 4 rings (SSSR count). The van der Waals surface area contributed by atoms with Gasteiger partial charge in [-0.2, -0.15) is 0 Å². The normalized spacial score (nSPS) is 14.3. The molecular formula is C17H17N7O2. The number of hydrogen-bond donors (Lipinski definition) is 1. The smallest absolute Gasteiger partial charge is 0.292 e. The Bertz CT molecular complexity index is 845. The SMILES string of the molecule is O=C(c1ccno1)N1CCN(c2ccc(Nc3ccncc3)nn2)CC1. The van der Waals surface area contributed by atoms with Crippen LogP contribution in [0.15, 0.2) is 53.4 Å². The van der Waals surface area contributed by atoms with Crippen LogP contribution in [0.2, 0.25) is 0 Å². The van der Waals surface area contributed by atoms with E-state index < -0.39 is 0 Å². The lowest BCUT2D eigenvalue weighted by molar-refractivity contribution is 0.0704. The van der Waals surface area contributed by atoms with Crippen molar-refractivity contribution >= 4 is 23.2 Å². The first kappa shape index (κ1) is 16.0. The molecule has 0 spiro atoms. The molecule has 1 N–H and O–H groups in total. The molecule has 3 aromatic rings. The summed E-state index contributed by atoms with van der Waals surface area (Å²) in [6.07, 6.45) is 4.90. The van der Waals surface area contributed by atoms with Gasteiger partial charge in [-0.05, 0) is 24.3 Å². The molecule has 26 heavy (non-hydrogen) atoms. The van der Waals surface area contributed by atoms with Gasteiger partial charge in [-0.15, -0.1) is 10.2 Å². The van der Waals surface area contributed by atoms with E-state index in [1.165, 1.54) is 6.20 Å². The van der Waals surface area contributed by atoms with Gasteiger partial charge in [-0.25, -0.2) is 0 Å². The Morgan fingerprint density at radius 2 is 1.77 bits per heavy atom. The molecule has 132 valence electrons. The lowest BCUT2D eigenvalue weighted by Crippen LogP contribution is -2.49. The largest absolute Gasteiger partial charge is 0.352 e. The van der Waals surface area contributed by atoms with Crippen molar-refractivity contribution < 1.29 is 9.32 Å². The molecule has 0 unspecified atom stereocenters. The van der Waals surface area contributed by atoms with Crippen molar-refractivity contribution in [2.45, 2.75) is 0 Å². The van der Waals surface area contributed by atoms with Gasteiger partial charge in [0, 0.05) is 50.3 Å². The summed E-state index contributed by atoms with van der Waals surface area (Å²) >= 11 is 0. The lowest BCUT2D eigenvalue weighted by Gasteiger charge is -2.34. The number of rotatable bonds is 4. The Morgan fingerprint density at radius 3 is 2.42 bits per heavy atom. The number of amides is 1. The number of nitrogens with zero attached hydrogens (tertiary/aromatic N) is 6. The van der Waals surface area contributed by atoms with Crippen LogP contribution in [-0.2, 0) is 0 Å². The molecule has 3 aromatic heterocycles. The van der Waals surface area contributed by atoms with Crippen LogP contribution in [-0.4, -0.2) is 57.3 Å². The average Bonchev–Trinajstić information content (AvgIpc) is 3.24. The quantitative estimate of drug-likeness (QED) is 0.756. The van der Waals surface area contributed by atoms with Gasteiger partial charge in [0.1, 0.15) is 0 Å². The maximum Gasteiger partial charge on any atom is 0.292 e. The first-order valence-electron chi connectivity index (χ1n) is 8.25. The minimum atomic E-state index is -0.134. The molecule has 1 amide bonds. The third-order valence-electron chi connectivity index (χ3n) is 4.14. The molecule has 0 aromatic carbocycles. The Morgan fingerprint density at radius 1 is 0.962 bits per heavy atom. The zero-order valence-electron chi connectivity index (χ0n) is 13.9. The Labute approximate surface area is 149 Å². The Balaban J connectivity index is 1.35. The van der Waals surface area contributed by atoms with E-state index in [0.717, 1.165) is 11.5 Å². The number of carbonyl (C=O) groups is 1. The number of pyridine rings is 1. The standard InChI is InChI=1S/C17H17N7O2/c25-17(14-5-8-19-26-14)24-11-9-23(10-12-24)16-2-1-15(21-22-16)20-13-3-6-18-7-4-13/h1-8H,9-12H2,(H,18,20,21). The topological polar surface area (TPSA) is 100 Å². The molecule has 1 saturated heterocycles. The van der Waals surface area contributed by atoms with Gasteiger partial charge in [0.05, 0.1) is 6.20 Å². The fourth-order valence-electron chi connectivity index (χ4n) is 2.76. The Kier molecular flexibility index (Phi) is 4.42. The molecule has 0 bridgehead atoms. The van der Waals surface area contributed by atoms with Crippen molar-refractivity contribution in [2.24, 2.45) is 0 Å². The lowest BCUT2D eigenvalue weighted by atomic mass is 10.3. The van der Waals surface area contributed by atoms with Gasteiger partial charge >= 0.3 is 0 Å². The van der Waals surface area contributed by atoms with E-state index in [9.17, 15) is 4.79 Å². The number of hydrogen-bond acceptors (Lipinski definition) is 8. The van der Waals surface area contributed by atoms with Gasteiger partial charge in [0.15, 0.2) is 11.6 Å². The number of piperazine rings is 1. The van der Waals surface area contributed by atoms with Crippen LogP contribution in [0.3, 0.4) is 0 Å². The van der Waals surface area contributed by atoms with E-state index in [0.29, 0.717) is 32.0 Å². The second-order valence-electron chi connectivity index (χ2n) is 5.79. The molecule has 9 nitrogen and oxygen atoms in total. The van der Waals surface area contributed by atoms with Crippen LogP contribution in [0.4, 0.5) is 17.3 Å². The molecular weight excluding hydrogens is 334 g/mol. The molecule has 1 aliphatic heterocycles. The third kappa shape index (κ3) is 3.46. The van der Waals surface area contributed by atoms with Gasteiger partial charge in [-0.1, -0.05) is 5.16 Å². The van der Waals surface area contributed by atoms with E-state index in [4.69, 9.17) is 4.52 Å². The second-order valence-corrected chi connectivity index (χ2v) is 5.79. The summed E-state index contributed by atoms with van der Waals surface area (Å²) in [4.78, 5) is 20.1. The fraction of sp³-hybridized carbons (Fsp3) is 0.235. The molecule has 1 fully saturated rings. The summed E-state index contributed by atoms with van der Waals surface area (Å²) < 4.78 is 4.93. The van der Waals surface area contributed by atoms with Crippen LogP contribution in [0.5, 0.6) is 0 Å². The van der Waals surface area contributed by atoms with Crippen molar-refractivity contribution in [3.05, 3.63) is 54.7 Å². The van der Waals surface area contributed by atoms with E-state index in [1.54, 1.807) is 23.4 Å². The molecule has 0 aliphatic carbocycles. The number of carbonyl (C=O) groups excluding carboxylic acids is 1. The molecule has 0 radical (unpaired) electrons. The summed E-state index contributed by atoms with van der Waals surface area (Å²) in [6, 6.07) is 9.11. The highest BCUT2D eigenvalue weighted by atomic mass is 16.5. The van der Waals surface area contributed by atoms with Crippen LogP contribution in [0.25, 0.3) is 0 Å². The number of anilines is 3. The second kappa shape index (κ2) is 7.18. The highest BCUT2D eigenvalue weighted by Crippen LogP contribution is 2.17. The zero-order chi connectivity index (χ0) is 17.8. The number of aromatic nitrogens is 4. The van der Waals surface area contributed by atoms with Gasteiger partial charge in [0.2, 0.25) is 5.76 Å². The van der Waals surface area contributed by atoms with Gasteiger partial charge in [-0.3, -0.25) is 9.78 Å². The summed E-state index contributed by atoms with van der Waals surface area (Å²) in [6.45, 7) is 2.56. The molecule has 0 atom stereocenters. The molecule has 1 aliphatic rings. The molecule has 9 heteroatoms. The maximum absolute atomic E-state index is 12.3. The van der Waals surface area contributed by atoms with Gasteiger partial charge in [0.25, 0.3) is 5.91 Å². The van der Waals surface area contributed by atoms with E-state index in [2.05, 4.69) is 30.6 Å². The zero-order valence-corrected chi connectivity index (χ0v) is 13.9. The van der Waals surface area contributed by atoms with Crippen molar-refractivity contribution in [1.82, 2.24) is 25.2 Å². The highest BCUT2D eigenvalue weighted by molar-refractivity contribution is 5.91. The van der Waals surface area contributed by atoms with Gasteiger partial charge < -0.3 is 19.6 Å². The van der Waals surface area contributed by atoms with E-state index >= 15 is 0 Å². The first-order chi connectivity index (χ1) is 12.8. The van der Waals surface area contributed by atoms with Crippen molar-refractivity contribution in [3.63, 3.8) is 0 Å². The minimum Gasteiger partial charge on any atom is -0.352 e. The predicted octanol–water partition coefficient (Wildman–Crippen LogP) is 1.57. The van der Waals surface area contributed by atoms with Crippen molar-refractivity contribution in [1.29, 1.82) is 0 Å². The predicted molar refractivity (Wildman–Crippen MR) is 94.2 cm³/mol. The average molecular weight is 351 g/mol. The fourth-order valence-corrected chi connectivity index (χ4v) is 2.76. The van der Waals surface area contributed by atoms with Crippen molar-refractivity contribution in [2.75, 3.05) is 36.4 Å². The van der Waals surface area contributed by atoms with E-state index in [1.807, 2.05) is 24.3 Å². The molecule has 0 saturated carbocycles. The summed E-state index contributed by atoms with van der Waals surface area (Å²) in [5, 5.41) is 15.2. The van der Waals surface area contributed by atoms with Crippen LogP contribution < -0.4 is 10.2 Å². The van der Waals surface area contributed by atoms with Crippen LogP contribution >= 0.6 is 0 Å². The maximum atomic E-state index is 12.3. The highest BCUT2D eigenvalue weighted by Gasteiger charge is 2.24. The monoisotopic (exact) mass is 351 g/mol. The summed E-state index contributed by atoms with van der Waals surface area (Å²) in [5.74, 6) is 1.59.